The van der Waals surface area contributed by atoms with Crippen LogP contribution in [0.15, 0.2) is 0 Å². The lowest BCUT2D eigenvalue weighted by atomic mass is 9.67. The van der Waals surface area contributed by atoms with E-state index in [2.05, 4.69) is 5.32 Å². The highest BCUT2D eigenvalue weighted by Crippen LogP contribution is 2.41. The Morgan fingerprint density at radius 2 is 1.80 bits per heavy atom. The van der Waals surface area contributed by atoms with E-state index < -0.39 is 0 Å². The summed E-state index contributed by atoms with van der Waals surface area (Å²) in [4.78, 5) is 11.7. The van der Waals surface area contributed by atoms with Crippen LogP contribution in [0.25, 0.3) is 0 Å². The molecule has 0 amide bonds. The van der Waals surface area contributed by atoms with Crippen molar-refractivity contribution in [3.63, 3.8) is 0 Å². The second-order valence-corrected chi connectivity index (χ2v) is 5.88. The standard InChI is InChI=1S/C12H21NO2/c1-12(2,3)15-11(14)9-4-8(5-9)10-6-13-7-10/h8-10,13H,4-7H2,1-3H3. The maximum atomic E-state index is 11.7. The van der Waals surface area contributed by atoms with Crippen LogP contribution in [0.2, 0.25) is 0 Å². The van der Waals surface area contributed by atoms with Gasteiger partial charge in [-0.1, -0.05) is 0 Å². The first-order valence-corrected chi connectivity index (χ1v) is 5.89. The van der Waals surface area contributed by atoms with E-state index >= 15 is 0 Å². The number of hydrogen-bond donors (Lipinski definition) is 1. The number of hydrogen-bond acceptors (Lipinski definition) is 3. The van der Waals surface area contributed by atoms with E-state index in [1.807, 2.05) is 20.8 Å². The maximum absolute atomic E-state index is 11.7. The number of carbonyl (C=O) groups is 1. The number of rotatable bonds is 2. The molecule has 1 saturated carbocycles. The van der Waals surface area contributed by atoms with Gasteiger partial charge >= 0.3 is 5.97 Å². The predicted molar refractivity (Wildman–Crippen MR) is 58.4 cm³/mol. The summed E-state index contributed by atoms with van der Waals surface area (Å²) in [5.74, 6) is 1.77. The molecule has 0 aromatic heterocycles. The number of ether oxygens (including phenoxy) is 1. The minimum atomic E-state index is -0.333. The van der Waals surface area contributed by atoms with Crippen molar-refractivity contribution in [1.82, 2.24) is 5.32 Å². The van der Waals surface area contributed by atoms with Gasteiger partial charge in [-0.2, -0.15) is 0 Å². The van der Waals surface area contributed by atoms with Crippen molar-refractivity contribution < 1.29 is 9.53 Å². The molecule has 0 spiro atoms. The minimum Gasteiger partial charge on any atom is -0.460 e. The van der Waals surface area contributed by atoms with Gasteiger partial charge in [0.15, 0.2) is 0 Å². The summed E-state index contributed by atoms with van der Waals surface area (Å²) < 4.78 is 5.37. The summed E-state index contributed by atoms with van der Waals surface area (Å²) >= 11 is 0. The largest absolute Gasteiger partial charge is 0.460 e. The van der Waals surface area contributed by atoms with Crippen LogP contribution in [0.3, 0.4) is 0 Å². The molecule has 1 N–H and O–H groups in total. The van der Waals surface area contributed by atoms with Crippen LogP contribution < -0.4 is 5.32 Å². The van der Waals surface area contributed by atoms with Crippen LogP contribution >= 0.6 is 0 Å². The van der Waals surface area contributed by atoms with Crippen LogP contribution in [0.5, 0.6) is 0 Å². The van der Waals surface area contributed by atoms with Crippen molar-refractivity contribution in [2.75, 3.05) is 13.1 Å². The summed E-state index contributed by atoms with van der Waals surface area (Å²) in [5, 5.41) is 3.28. The molecule has 3 heteroatoms. The molecule has 3 nitrogen and oxygen atoms in total. The lowest BCUT2D eigenvalue weighted by Gasteiger charge is -2.44. The molecule has 1 aliphatic heterocycles. The molecule has 2 aliphatic rings. The first-order valence-electron chi connectivity index (χ1n) is 5.89. The summed E-state index contributed by atoms with van der Waals surface area (Å²) in [6, 6.07) is 0. The van der Waals surface area contributed by atoms with Crippen LogP contribution in [-0.4, -0.2) is 24.7 Å². The Hall–Kier alpha value is -0.570. The Morgan fingerprint density at radius 1 is 1.20 bits per heavy atom. The van der Waals surface area contributed by atoms with Gasteiger partial charge in [0.2, 0.25) is 0 Å². The smallest absolute Gasteiger partial charge is 0.309 e. The quantitative estimate of drug-likeness (QED) is 0.705. The van der Waals surface area contributed by atoms with E-state index in [-0.39, 0.29) is 17.5 Å². The van der Waals surface area contributed by atoms with Gasteiger partial charge in [-0.05, 0) is 58.5 Å². The topological polar surface area (TPSA) is 38.3 Å². The van der Waals surface area contributed by atoms with E-state index in [1.54, 1.807) is 0 Å². The van der Waals surface area contributed by atoms with Crippen LogP contribution in [0.1, 0.15) is 33.6 Å². The van der Waals surface area contributed by atoms with Gasteiger partial charge in [-0.25, -0.2) is 0 Å². The zero-order chi connectivity index (χ0) is 11.1. The first-order chi connectivity index (χ1) is 6.96. The van der Waals surface area contributed by atoms with E-state index in [4.69, 9.17) is 4.74 Å². The fraction of sp³-hybridized carbons (Fsp3) is 0.917. The molecule has 0 aromatic rings. The molecule has 15 heavy (non-hydrogen) atoms. The van der Waals surface area contributed by atoms with Gasteiger partial charge in [0.05, 0.1) is 5.92 Å². The highest BCUT2D eigenvalue weighted by molar-refractivity contribution is 5.73. The lowest BCUT2D eigenvalue weighted by Crippen LogP contribution is -2.51. The monoisotopic (exact) mass is 211 g/mol. The maximum Gasteiger partial charge on any atom is 0.309 e. The van der Waals surface area contributed by atoms with E-state index in [0.717, 1.165) is 37.8 Å². The van der Waals surface area contributed by atoms with Gasteiger partial charge in [0, 0.05) is 0 Å². The molecule has 1 saturated heterocycles. The zero-order valence-corrected chi connectivity index (χ0v) is 9.88. The summed E-state index contributed by atoms with van der Waals surface area (Å²) in [6.07, 6.45) is 2.09. The first kappa shape index (κ1) is 10.9. The molecule has 1 aliphatic carbocycles. The van der Waals surface area contributed by atoms with Crippen LogP contribution in [0, 0.1) is 17.8 Å². The van der Waals surface area contributed by atoms with Crippen LogP contribution in [-0.2, 0) is 9.53 Å². The van der Waals surface area contributed by atoms with Crippen molar-refractivity contribution in [3.05, 3.63) is 0 Å². The van der Waals surface area contributed by atoms with Gasteiger partial charge in [0.25, 0.3) is 0 Å². The minimum absolute atomic E-state index is 0.00559. The molecule has 1 heterocycles. The Balaban J connectivity index is 1.71. The SMILES string of the molecule is CC(C)(C)OC(=O)C1CC(C2CNC2)C1. The summed E-state index contributed by atoms with van der Waals surface area (Å²) in [5.41, 5.74) is -0.333. The molecule has 0 bridgehead atoms. The van der Waals surface area contributed by atoms with Gasteiger partial charge < -0.3 is 10.1 Å². The zero-order valence-electron chi connectivity index (χ0n) is 9.88. The van der Waals surface area contributed by atoms with Gasteiger partial charge in [-0.3, -0.25) is 4.79 Å². The van der Waals surface area contributed by atoms with Crippen molar-refractivity contribution in [3.8, 4) is 0 Å². The van der Waals surface area contributed by atoms with Gasteiger partial charge in [0.1, 0.15) is 5.60 Å². The average Bonchev–Trinajstić information content (AvgIpc) is 1.86. The highest BCUT2D eigenvalue weighted by Gasteiger charge is 2.42. The number of esters is 1. The van der Waals surface area contributed by atoms with E-state index in [0.29, 0.717) is 0 Å². The summed E-state index contributed by atoms with van der Waals surface area (Å²) in [7, 11) is 0. The molecule has 86 valence electrons. The molecule has 0 unspecified atom stereocenters. The molecule has 0 aromatic carbocycles. The molecular weight excluding hydrogens is 190 g/mol. The van der Waals surface area contributed by atoms with E-state index in [9.17, 15) is 4.79 Å². The van der Waals surface area contributed by atoms with Crippen molar-refractivity contribution in [2.24, 2.45) is 17.8 Å². The Bertz CT molecular complexity index is 247. The number of nitrogens with one attached hydrogen (secondary N) is 1. The fourth-order valence-electron chi connectivity index (χ4n) is 2.27. The van der Waals surface area contributed by atoms with Crippen molar-refractivity contribution in [1.29, 1.82) is 0 Å². The molecule has 2 fully saturated rings. The normalized spacial score (nSPS) is 31.7. The van der Waals surface area contributed by atoms with E-state index in [1.165, 1.54) is 0 Å². The van der Waals surface area contributed by atoms with Gasteiger partial charge in [-0.15, -0.1) is 0 Å². The third-order valence-electron chi connectivity index (χ3n) is 3.39. The molecule has 0 atom stereocenters. The third-order valence-corrected chi connectivity index (χ3v) is 3.39. The Morgan fingerprint density at radius 3 is 2.20 bits per heavy atom. The lowest BCUT2D eigenvalue weighted by molar-refractivity contribution is -0.166. The Labute approximate surface area is 91.6 Å². The molecule has 2 rings (SSSR count). The summed E-state index contributed by atoms with van der Waals surface area (Å²) in [6.45, 7) is 8.07. The van der Waals surface area contributed by atoms with Crippen molar-refractivity contribution in [2.45, 2.75) is 39.2 Å². The molecular formula is C12H21NO2. The highest BCUT2D eigenvalue weighted by atomic mass is 16.6. The third kappa shape index (κ3) is 2.51. The van der Waals surface area contributed by atoms with Crippen LogP contribution in [0.4, 0.5) is 0 Å². The van der Waals surface area contributed by atoms with Crippen molar-refractivity contribution >= 4 is 5.97 Å². The molecule has 0 radical (unpaired) electrons. The second-order valence-electron chi connectivity index (χ2n) is 5.88. The Kier molecular flexibility index (Phi) is 2.75. The average molecular weight is 211 g/mol. The number of carbonyl (C=O) groups excluding carboxylic acids is 1. The second kappa shape index (κ2) is 3.78. The predicted octanol–water partition coefficient (Wildman–Crippen LogP) is 1.57. The fourth-order valence-corrected chi connectivity index (χ4v) is 2.27.